The Morgan fingerprint density at radius 1 is 1.00 bits per heavy atom. The Kier molecular flexibility index (Phi) is 4.07. The molecule has 2 unspecified atom stereocenters. The van der Waals surface area contributed by atoms with Crippen LogP contribution in [0.5, 0.6) is 0 Å². The summed E-state index contributed by atoms with van der Waals surface area (Å²) in [4.78, 5) is 30.9. The van der Waals surface area contributed by atoms with E-state index >= 15 is 0 Å². The molecule has 4 bridgehead atoms. The molecule has 6 aliphatic rings. The normalized spacial score (nSPS) is 44.6. The van der Waals surface area contributed by atoms with Crippen LogP contribution in [-0.2, 0) is 9.59 Å². The average molecular weight is 360 g/mol. The standard InChI is InChI=1S/C21H33N3O2/c1-14-13-23(6-4-22-14)19(25)18-3-2-5-24(18)20(26)21-10-15-7-16(11-21)9-17(8-15)12-21/h14-18,22H,2-13H2,1H3. The van der Waals surface area contributed by atoms with Crippen LogP contribution in [-0.4, -0.2) is 59.9 Å². The van der Waals surface area contributed by atoms with Gasteiger partial charge in [-0.3, -0.25) is 9.59 Å². The first-order valence-corrected chi connectivity index (χ1v) is 10.9. The molecule has 6 fully saturated rings. The van der Waals surface area contributed by atoms with Crippen LogP contribution in [0.3, 0.4) is 0 Å². The molecular weight excluding hydrogens is 326 g/mol. The van der Waals surface area contributed by atoms with Crippen LogP contribution < -0.4 is 5.32 Å². The highest BCUT2D eigenvalue weighted by molar-refractivity contribution is 5.91. The zero-order valence-electron chi connectivity index (χ0n) is 16.1. The van der Waals surface area contributed by atoms with Crippen LogP contribution in [0.4, 0.5) is 0 Å². The molecule has 0 radical (unpaired) electrons. The predicted octanol–water partition coefficient (Wildman–Crippen LogP) is 2.01. The van der Waals surface area contributed by atoms with E-state index in [9.17, 15) is 9.59 Å². The molecule has 5 heteroatoms. The van der Waals surface area contributed by atoms with E-state index in [1.54, 1.807) is 0 Å². The third-order valence-electron chi connectivity index (χ3n) is 7.97. The van der Waals surface area contributed by atoms with Crippen LogP contribution in [0.15, 0.2) is 0 Å². The summed E-state index contributed by atoms with van der Waals surface area (Å²) >= 11 is 0. The topological polar surface area (TPSA) is 52.7 Å². The van der Waals surface area contributed by atoms with Crippen LogP contribution in [0.1, 0.15) is 58.3 Å². The van der Waals surface area contributed by atoms with Crippen LogP contribution in [0.25, 0.3) is 0 Å². The maximum atomic E-state index is 13.7. The van der Waals surface area contributed by atoms with E-state index in [0.29, 0.717) is 11.9 Å². The van der Waals surface area contributed by atoms with Crippen molar-refractivity contribution in [2.45, 2.75) is 70.4 Å². The molecule has 1 N–H and O–H groups in total. The largest absolute Gasteiger partial charge is 0.338 e. The highest BCUT2D eigenvalue weighted by Gasteiger charge is 2.57. The fourth-order valence-corrected chi connectivity index (χ4v) is 7.29. The second-order valence-corrected chi connectivity index (χ2v) is 9.99. The van der Waals surface area contributed by atoms with Gasteiger partial charge in [-0.2, -0.15) is 0 Å². The minimum Gasteiger partial charge on any atom is -0.338 e. The van der Waals surface area contributed by atoms with Crippen molar-refractivity contribution in [1.29, 1.82) is 0 Å². The van der Waals surface area contributed by atoms with Gasteiger partial charge < -0.3 is 15.1 Å². The molecule has 2 atom stereocenters. The maximum absolute atomic E-state index is 13.7. The number of likely N-dealkylation sites (tertiary alicyclic amines) is 1. The lowest BCUT2D eigenvalue weighted by molar-refractivity contribution is -0.162. The Labute approximate surface area is 156 Å². The molecule has 4 saturated carbocycles. The Balaban J connectivity index is 1.34. The number of hydrogen-bond acceptors (Lipinski definition) is 3. The van der Waals surface area contributed by atoms with Gasteiger partial charge in [-0.25, -0.2) is 0 Å². The summed E-state index contributed by atoms with van der Waals surface area (Å²) in [6, 6.07) is 0.155. The molecule has 0 spiro atoms. The van der Waals surface area contributed by atoms with Gasteiger partial charge in [0, 0.05) is 32.2 Å². The van der Waals surface area contributed by atoms with Crippen molar-refractivity contribution in [3.63, 3.8) is 0 Å². The SMILES string of the molecule is CC1CN(C(=O)C2CCCN2C(=O)C23CC4CC(CC(C4)C2)C3)CCN1. The molecule has 6 rings (SSSR count). The van der Waals surface area contributed by atoms with E-state index in [0.717, 1.165) is 76.0 Å². The van der Waals surface area contributed by atoms with Gasteiger partial charge in [-0.05, 0) is 76.0 Å². The molecule has 4 aliphatic carbocycles. The molecule has 2 aliphatic heterocycles. The number of carbonyl (C=O) groups excluding carboxylic acids is 2. The Hall–Kier alpha value is -1.10. The predicted molar refractivity (Wildman–Crippen MR) is 99.4 cm³/mol. The van der Waals surface area contributed by atoms with E-state index in [4.69, 9.17) is 0 Å². The van der Waals surface area contributed by atoms with E-state index < -0.39 is 0 Å². The van der Waals surface area contributed by atoms with Gasteiger partial charge in [0.25, 0.3) is 0 Å². The number of nitrogens with one attached hydrogen (secondary N) is 1. The first kappa shape index (κ1) is 17.0. The fourth-order valence-electron chi connectivity index (χ4n) is 7.29. The number of amides is 2. The lowest BCUT2D eigenvalue weighted by atomic mass is 9.49. The van der Waals surface area contributed by atoms with Gasteiger partial charge in [0.05, 0.1) is 5.41 Å². The lowest BCUT2D eigenvalue weighted by Gasteiger charge is -2.56. The molecule has 2 amide bonds. The van der Waals surface area contributed by atoms with Crippen LogP contribution >= 0.6 is 0 Å². The van der Waals surface area contributed by atoms with E-state index in [-0.39, 0.29) is 17.4 Å². The fraction of sp³-hybridized carbons (Fsp3) is 0.905. The summed E-state index contributed by atoms with van der Waals surface area (Å²) in [7, 11) is 0. The molecular formula is C21H33N3O2. The summed E-state index contributed by atoms with van der Waals surface area (Å²) in [5, 5.41) is 3.41. The van der Waals surface area contributed by atoms with Gasteiger partial charge in [-0.15, -0.1) is 0 Å². The van der Waals surface area contributed by atoms with Crippen molar-refractivity contribution in [2.24, 2.45) is 23.2 Å². The summed E-state index contributed by atoms with van der Waals surface area (Å²) in [5.41, 5.74) is -0.117. The summed E-state index contributed by atoms with van der Waals surface area (Å²) in [5.74, 6) is 2.87. The minimum absolute atomic E-state index is 0.117. The Morgan fingerprint density at radius 3 is 2.27 bits per heavy atom. The highest BCUT2D eigenvalue weighted by Crippen LogP contribution is 2.60. The van der Waals surface area contributed by atoms with Gasteiger partial charge in [-0.1, -0.05) is 0 Å². The van der Waals surface area contributed by atoms with Crippen molar-refractivity contribution in [3.8, 4) is 0 Å². The second kappa shape index (κ2) is 6.22. The minimum atomic E-state index is -0.194. The Morgan fingerprint density at radius 2 is 1.65 bits per heavy atom. The molecule has 0 aromatic carbocycles. The summed E-state index contributed by atoms with van der Waals surface area (Å²) < 4.78 is 0. The third kappa shape index (κ3) is 2.69. The van der Waals surface area contributed by atoms with Crippen molar-refractivity contribution >= 4 is 11.8 Å². The van der Waals surface area contributed by atoms with E-state index in [1.807, 2.05) is 9.80 Å². The monoisotopic (exact) mass is 359 g/mol. The number of hydrogen-bond donors (Lipinski definition) is 1. The van der Waals surface area contributed by atoms with Crippen molar-refractivity contribution in [1.82, 2.24) is 15.1 Å². The van der Waals surface area contributed by atoms with E-state index in [1.165, 1.54) is 19.3 Å². The average Bonchev–Trinajstić information content (AvgIpc) is 3.08. The second-order valence-electron chi connectivity index (χ2n) is 9.99. The zero-order valence-corrected chi connectivity index (χ0v) is 16.1. The molecule has 144 valence electrons. The van der Waals surface area contributed by atoms with Gasteiger partial charge in [0.15, 0.2) is 0 Å². The molecule has 5 nitrogen and oxygen atoms in total. The van der Waals surface area contributed by atoms with Crippen molar-refractivity contribution in [2.75, 3.05) is 26.2 Å². The lowest BCUT2D eigenvalue weighted by Crippen LogP contribution is -2.59. The number of carbonyl (C=O) groups is 2. The summed E-state index contributed by atoms with van der Waals surface area (Å²) in [6.45, 7) is 5.33. The first-order valence-electron chi connectivity index (χ1n) is 10.9. The summed E-state index contributed by atoms with van der Waals surface area (Å²) in [6.07, 6.45) is 9.19. The highest BCUT2D eigenvalue weighted by atomic mass is 16.2. The van der Waals surface area contributed by atoms with Gasteiger partial charge in [0.1, 0.15) is 6.04 Å². The Bertz CT molecular complexity index is 569. The van der Waals surface area contributed by atoms with E-state index in [2.05, 4.69) is 12.2 Å². The molecule has 2 heterocycles. The van der Waals surface area contributed by atoms with Crippen molar-refractivity contribution in [3.05, 3.63) is 0 Å². The first-order chi connectivity index (χ1) is 12.5. The van der Waals surface area contributed by atoms with Crippen LogP contribution in [0, 0.1) is 23.2 Å². The molecule has 2 saturated heterocycles. The number of piperazine rings is 1. The van der Waals surface area contributed by atoms with Crippen molar-refractivity contribution < 1.29 is 9.59 Å². The smallest absolute Gasteiger partial charge is 0.245 e. The zero-order chi connectivity index (χ0) is 17.9. The number of nitrogens with zero attached hydrogens (tertiary/aromatic N) is 2. The van der Waals surface area contributed by atoms with Gasteiger partial charge in [0.2, 0.25) is 11.8 Å². The number of rotatable bonds is 2. The molecule has 0 aromatic rings. The van der Waals surface area contributed by atoms with Gasteiger partial charge >= 0.3 is 0 Å². The maximum Gasteiger partial charge on any atom is 0.245 e. The quantitative estimate of drug-likeness (QED) is 0.821. The third-order valence-corrected chi connectivity index (χ3v) is 7.97. The van der Waals surface area contributed by atoms with Crippen LogP contribution in [0.2, 0.25) is 0 Å². The molecule has 0 aromatic heterocycles. The molecule has 26 heavy (non-hydrogen) atoms.